The Bertz CT molecular complexity index is 508. The van der Waals surface area contributed by atoms with Crippen molar-refractivity contribution in [2.24, 2.45) is 0 Å². The van der Waals surface area contributed by atoms with E-state index in [1.165, 1.54) is 16.7 Å². The Balaban J connectivity index is 2.17. The summed E-state index contributed by atoms with van der Waals surface area (Å²) < 4.78 is 6.51. The van der Waals surface area contributed by atoms with Crippen LogP contribution in [0.25, 0.3) is 0 Å². The zero-order valence-electron chi connectivity index (χ0n) is 10.3. The first-order chi connectivity index (χ1) is 8.08. The fraction of sp³-hybridized carbons (Fsp3) is 0.286. The van der Waals surface area contributed by atoms with E-state index in [0.717, 1.165) is 15.9 Å². The van der Waals surface area contributed by atoms with Crippen LogP contribution in [0, 0.1) is 20.8 Å². The van der Waals surface area contributed by atoms with Gasteiger partial charge in [-0.1, -0.05) is 6.07 Å². The van der Waals surface area contributed by atoms with Crippen molar-refractivity contribution in [1.82, 2.24) is 0 Å². The average Bonchev–Trinajstić information content (AvgIpc) is 2.62. The quantitative estimate of drug-likeness (QED) is 0.896. The van der Waals surface area contributed by atoms with Gasteiger partial charge in [0.15, 0.2) is 0 Å². The summed E-state index contributed by atoms with van der Waals surface area (Å²) in [6.45, 7) is 6.96. The number of aryl methyl sites for hydroxylation is 3. The molecule has 1 N–H and O–H groups in total. The topological polar surface area (TPSA) is 25.2 Å². The Morgan fingerprint density at radius 1 is 1.18 bits per heavy atom. The van der Waals surface area contributed by atoms with Gasteiger partial charge in [-0.05, 0) is 65.5 Å². The van der Waals surface area contributed by atoms with E-state index in [2.05, 4.69) is 54.2 Å². The second-order valence-corrected chi connectivity index (χ2v) is 5.17. The van der Waals surface area contributed by atoms with E-state index in [-0.39, 0.29) is 0 Å². The third-order valence-corrected chi connectivity index (χ3v) is 3.45. The maximum absolute atomic E-state index is 5.41. The third kappa shape index (κ3) is 2.72. The van der Waals surface area contributed by atoms with E-state index in [0.29, 0.717) is 6.54 Å². The number of benzene rings is 1. The molecule has 0 fully saturated rings. The molecule has 0 atom stereocenters. The maximum atomic E-state index is 5.41. The number of anilines is 1. The lowest BCUT2D eigenvalue weighted by molar-refractivity contribution is 0.515. The second-order valence-electron chi connectivity index (χ2n) is 4.32. The summed E-state index contributed by atoms with van der Waals surface area (Å²) >= 11 is 3.59. The van der Waals surface area contributed by atoms with Gasteiger partial charge in [0.1, 0.15) is 5.76 Å². The number of nitrogens with one attached hydrogen (secondary N) is 1. The van der Waals surface area contributed by atoms with Crippen LogP contribution in [-0.2, 0) is 6.54 Å². The van der Waals surface area contributed by atoms with E-state index in [9.17, 15) is 0 Å². The second kappa shape index (κ2) is 4.96. The molecule has 0 unspecified atom stereocenters. The van der Waals surface area contributed by atoms with Crippen LogP contribution in [0.15, 0.2) is 33.4 Å². The zero-order chi connectivity index (χ0) is 12.4. The summed E-state index contributed by atoms with van der Waals surface area (Å²) in [5.74, 6) is 0.983. The van der Waals surface area contributed by atoms with E-state index in [4.69, 9.17) is 4.42 Å². The largest absolute Gasteiger partial charge is 0.467 e. The van der Waals surface area contributed by atoms with Crippen LogP contribution in [0.5, 0.6) is 0 Å². The molecule has 0 aliphatic heterocycles. The van der Waals surface area contributed by atoms with E-state index in [1.807, 2.05) is 6.07 Å². The Hall–Kier alpha value is -1.22. The lowest BCUT2D eigenvalue weighted by Gasteiger charge is -2.12. The van der Waals surface area contributed by atoms with Gasteiger partial charge in [-0.25, -0.2) is 0 Å². The molecule has 3 heteroatoms. The summed E-state index contributed by atoms with van der Waals surface area (Å²) in [5, 5.41) is 3.41. The van der Waals surface area contributed by atoms with Crippen molar-refractivity contribution in [3.63, 3.8) is 0 Å². The summed E-state index contributed by atoms with van der Waals surface area (Å²) in [7, 11) is 0. The number of furan rings is 1. The van der Waals surface area contributed by atoms with Gasteiger partial charge in [0.25, 0.3) is 0 Å². The van der Waals surface area contributed by atoms with Crippen LogP contribution in [-0.4, -0.2) is 0 Å². The predicted molar refractivity (Wildman–Crippen MR) is 74.4 cm³/mol. The van der Waals surface area contributed by atoms with Crippen molar-refractivity contribution < 1.29 is 4.42 Å². The van der Waals surface area contributed by atoms with Crippen molar-refractivity contribution in [2.45, 2.75) is 27.3 Å². The van der Waals surface area contributed by atoms with Crippen LogP contribution < -0.4 is 5.32 Å². The maximum Gasteiger partial charge on any atom is 0.125 e. The fourth-order valence-electron chi connectivity index (χ4n) is 1.89. The predicted octanol–water partition coefficient (Wildman–Crippen LogP) is 4.58. The first-order valence-electron chi connectivity index (χ1n) is 5.61. The standard InChI is InChI=1S/C14H16BrNO/c1-9-6-11(3)14(12(15)7-9)16-8-13-10(2)4-5-17-13/h4-7,16H,8H2,1-3H3. The fourth-order valence-corrected chi connectivity index (χ4v) is 2.71. The van der Waals surface area contributed by atoms with Gasteiger partial charge in [0.2, 0.25) is 0 Å². The molecule has 2 aromatic rings. The molecule has 0 saturated carbocycles. The monoisotopic (exact) mass is 293 g/mol. The molecule has 0 bridgehead atoms. The van der Waals surface area contributed by atoms with Gasteiger partial charge >= 0.3 is 0 Å². The number of halogens is 1. The Kier molecular flexibility index (Phi) is 3.57. The molecule has 1 heterocycles. The van der Waals surface area contributed by atoms with Crippen molar-refractivity contribution in [3.8, 4) is 0 Å². The third-order valence-electron chi connectivity index (χ3n) is 2.83. The molecule has 2 nitrogen and oxygen atoms in total. The lowest BCUT2D eigenvalue weighted by atomic mass is 10.1. The zero-order valence-corrected chi connectivity index (χ0v) is 11.9. The highest BCUT2D eigenvalue weighted by atomic mass is 79.9. The average molecular weight is 294 g/mol. The lowest BCUT2D eigenvalue weighted by Crippen LogP contribution is -2.02. The minimum Gasteiger partial charge on any atom is -0.467 e. The number of rotatable bonds is 3. The highest BCUT2D eigenvalue weighted by molar-refractivity contribution is 9.10. The molecule has 0 amide bonds. The van der Waals surface area contributed by atoms with Crippen molar-refractivity contribution in [1.29, 1.82) is 0 Å². The van der Waals surface area contributed by atoms with Crippen LogP contribution >= 0.6 is 15.9 Å². The number of hydrogen-bond donors (Lipinski definition) is 1. The molecule has 0 aliphatic carbocycles. The molecular weight excluding hydrogens is 278 g/mol. The highest BCUT2D eigenvalue weighted by Crippen LogP contribution is 2.28. The SMILES string of the molecule is Cc1cc(C)c(NCc2occc2C)c(Br)c1. The van der Waals surface area contributed by atoms with Crippen molar-refractivity contribution in [2.75, 3.05) is 5.32 Å². The molecule has 17 heavy (non-hydrogen) atoms. The molecule has 90 valence electrons. The Labute approximate surface area is 110 Å². The molecule has 0 saturated heterocycles. The normalized spacial score (nSPS) is 10.6. The van der Waals surface area contributed by atoms with Crippen LogP contribution in [0.2, 0.25) is 0 Å². The summed E-state index contributed by atoms with van der Waals surface area (Å²) in [6.07, 6.45) is 1.73. The van der Waals surface area contributed by atoms with Gasteiger partial charge in [-0.3, -0.25) is 0 Å². The van der Waals surface area contributed by atoms with E-state index >= 15 is 0 Å². The Morgan fingerprint density at radius 3 is 2.53 bits per heavy atom. The molecular formula is C14H16BrNO. The highest BCUT2D eigenvalue weighted by Gasteiger charge is 2.07. The van der Waals surface area contributed by atoms with Crippen molar-refractivity contribution in [3.05, 3.63) is 51.4 Å². The van der Waals surface area contributed by atoms with E-state index < -0.39 is 0 Å². The molecule has 0 radical (unpaired) electrons. The Morgan fingerprint density at radius 2 is 1.94 bits per heavy atom. The van der Waals surface area contributed by atoms with Gasteiger partial charge in [0.05, 0.1) is 18.5 Å². The first-order valence-corrected chi connectivity index (χ1v) is 6.41. The van der Waals surface area contributed by atoms with Crippen LogP contribution in [0.3, 0.4) is 0 Å². The smallest absolute Gasteiger partial charge is 0.125 e. The minimum atomic E-state index is 0.710. The van der Waals surface area contributed by atoms with Gasteiger partial charge in [-0.15, -0.1) is 0 Å². The molecule has 0 spiro atoms. The summed E-state index contributed by atoms with van der Waals surface area (Å²) in [5.41, 5.74) is 4.81. The molecule has 1 aromatic heterocycles. The van der Waals surface area contributed by atoms with Gasteiger partial charge in [-0.2, -0.15) is 0 Å². The summed E-state index contributed by atoms with van der Waals surface area (Å²) in [4.78, 5) is 0. The first kappa shape index (κ1) is 12.2. The molecule has 0 aliphatic rings. The van der Waals surface area contributed by atoms with Crippen LogP contribution in [0.4, 0.5) is 5.69 Å². The van der Waals surface area contributed by atoms with Gasteiger partial charge < -0.3 is 9.73 Å². The van der Waals surface area contributed by atoms with Crippen molar-refractivity contribution >= 4 is 21.6 Å². The molecule has 2 rings (SSSR count). The van der Waals surface area contributed by atoms with E-state index in [1.54, 1.807) is 6.26 Å². The number of hydrogen-bond acceptors (Lipinski definition) is 2. The van der Waals surface area contributed by atoms with Gasteiger partial charge in [0, 0.05) is 4.47 Å². The minimum absolute atomic E-state index is 0.710. The van der Waals surface area contributed by atoms with Crippen LogP contribution in [0.1, 0.15) is 22.5 Å². The summed E-state index contributed by atoms with van der Waals surface area (Å²) in [6, 6.07) is 6.26. The molecule has 1 aromatic carbocycles.